The molecule has 1 N–H and O–H groups in total. The fourth-order valence-electron chi connectivity index (χ4n) is 2.57. The summed E-state index contributed by atoms with van der Waals surface area (Å²) in [5, 5.41) is 3.41. The highest BCUT2D eigenvalue weighted by Crippen LogP contribution is 2.28. The Bertz CT molecular complexity index is 451. The van der Waals surface area contributed by atoms with Crippen molar-refractivity contribution in [1.82, 2.24) is 4.90 Å². The highest BCUT2D eigenvalue weighted by atomic mass is 16.5. The molecule has 1 fully saturated rings. The normalized spacial score (nSPS) is 18.9. The van der Waals surface area contributed by atoms with Gasteiger partial charge >= 0.3 is 5.97 Å². The van der Waals surface area contributed by atoms with E-state index in [1.807, 2.05) is 25.1 Å². The number of ether oxygens (including phenoxy) is 1. The molecule has 0 amide bonds. The number of hydrogen-bond acceptors (Lipinski definition) is 4. The molecule has 19 heavy (non-hydrogen) atoms. The average Bonchev–Trinajstić information content (AvgIpc) is 2.41. The Kier molecular flexibility index (Phi) is 4.10. The van der Waals surface area contributed by atoms with E-state index in [1.54, 1.807) is 0 Å². The highest BCUT2D eigenvalue weighted by molar-refractivity contribution is 5.84. The maximum atomic E-state index is 12.2. The third kappa shape index (κ3) is 3.07. The molecule has 2 rings (SSSR count). The van der Waals surface area contributed by atoms with E-state index in [1.165, 1.54) is 12.7 Å². The number of benzene rings is 1. The minimum atomic E-state index is -0.588. The van der Waals surface area contributed by atoms with Crippen LogP contribution in [-0.4, -0.2) is 43.7 Å². The number of anilines is 1. The van der Waals surface area contributed by atoms with Crippen LogP contribution in [0.25, 0.3) is 0 Å². The Morgan fingerprint density at radius 2 is 2.05 bits per heavy atom. The first kappa shape index (κ1) is 13.9. The molecule has 1 aliphatic rings. The summed E-state index contributed by atoms with van der Waals surface area (Å²) in [4.78, 5) is 14.4. The van der Waals surface area contributed by atoms with E-state index in [0.29, 0.717) is 0 Å². The van der Waals surface area contributed by atoms with Gasteiger partial charge in [0.25, 0.3) is 0 Å². The summed E-state index contributed by atoms with van der Waals surface area (Å²) in [5.41, 5.74) is 1.57. The standard InChI is InChI=1S/C15H22N2O2/c1-12-5-4-6-13(11-12)16-15(14(18)19-3)7-9-17(2)10-8-15/h4-6,11,16H,7-10H2,1-3H3. The third-order valence-corrected chi connectivity index (χ3v) is 3.82. The largest absolute Gasteiger partial charge is 0.467 e. The monoisotopic (exact) mass is 262 g/mol. The van der Waals surface area contributed by atoms with Crippen molar-refractivity contribution in [2.45, 2.75) is 25.3 Å². The van der Waals surface area contributed by atoms with Crippen molar-refractivity contribution < 1.29 is 9.53 Å². The van der Waals surface area contributed by atoms with Crippen molar-refractivity contribution in [3.8, 4) is 0 Å². The van der Waals surface area contributed by atoms with Gasteiger partial charge in [0.2, 0.25) is 0 Å². The maximum absolute atomic E-state index is 12.2. The molecule has 0 spiro atoms. The van der Waals surface area contributed by atoms with Crippen LogP contribution in [-0.2, 0) is 9.53 Å². The van der Waals surface area contributed by atoms with Crippen LogP contribution in [0.2, 0.25) is 0 Å². The van der Waals surface area contributed by atoms with Crippen LogP contribution in [0.3, 0.4) is 0 Å². The number of methoxy groups -OCH3 is 1. The van der Waals surface area contributed by atoms with Crippen LogP contribution in [0.5, 0.6) is 0 Å². The molecule has 0 saturated carbocycles. The first-order valence-corrected chi connectivity index (χ1v) is 6.67. The van der Waals surface area contributed by atoms with Gasteiger partial charge < -0.3 is 15.0 Å². The lowest BCUT2D eigenvalue weighted by Crippen LogP contribution is -2.54. The molecule has 1 aromatic carbocycles. The molecule has 0 aromatic heterocycles. The smallest absolute Gasteiger partial charge is 0.331 e. The fraction of sp³-hybridized carbons (Fsp3) is 0.533. The number of likely N-dealkylation sites (tertiary alicyclic amines) is 1. The van der Waals surface area contributed by atoms with Crippen LogP contribution in [0.4, 0.5) is 5.69 Å². The number of nitrogens with one attached hydrogen (secondary N) is 1. The highest BCUT2D eigenvalue weighted by Gasteiger charge is 2.41. The Morgan fingerprint density at radius 3 is 2.63 bits per heavy atom. The lowest BCUT2D eigenvalue weighted by molar-refractivity contribution is -0.147. The SMILES string of the molecule is COC(=O)C1(Nc2cccc(C)c2)CCN(C)CC1. The minimum Gasteiger partial charge on any atom is -0.467 e. The second kappa shape index (κ2) is 5.61. The Labute approximate surface area is 114 Å². The van der Waals surface area contributed by atoms with Crippen LogP contribution in [0.1, 0.15) is 18.4 Å². The van der Waals surface area contributed by atoms with Crippen LogP contribution in [0, 0.1) is 6.92 Å². The lowest BCUT2D eigenvalue weighted by atomic mass is 9.87. The van der Waals surface area contributed by atoms with Gasteiger partial charge in [-0.1, -0.05) is 12.1 Å². The number of esters is 1. The molecule has 0 unspecified atom stereocenters. The van der Waals surface area contributed by atoms with E-state index in [2.05, 4.69) is 23.3 Å². The minimum absolute atomic E-state index is 0.165. The van der Waals surface area contributed by atoms with Crippen molar-refractivity contribution in [2.75, 3.05) is 32.6 Å². The molecule has 104 valence electrons. The van der Waals surface area contributed by atoms with Crippen molar-refractivity contribution in [1.29, 1.82) is 0 Å². The second-order valence-electron chi connectivity index (χ2n) is 5.37. The van der Waals surface area contributed by atoms with Crippen LogP contribution < -0.4 is 5.32 Å². The first-order valence-electron chi connectivity index (χ1n) is 6.67. The molecule has 4 nitrogen and oxygen atoms in total. The predicted octanol–water partition coefficient (Wildman–Crippen LogP) is 2.04. The number of piperidine rings is 1. The molecule has 1 heterocycles. The Hall–Kier alpha value is -1.55. The van der Waals surface area contributed by atoms with E-state index in [9.17, 15) is 4.79 Å². The zero-order valence-corrected chi connectivity index (χ0v) is 11.9. The average molecular weight is 262 g/mol. The summed E-state index contributed by atoms with van der Waals surface area (Å²) in [5.74, 6) is -0.165. The van der Waals surface area contributed by atoms with Crippen LogP contribution in [0.15, 0.2) is 24.3 Å². The molecule has 1 saturated heterocycles. The van der Waals surface area contributed by atoms with Gasteiger partial charge in [-0.15, -0.1) is 0 Å². The van der Waals surface area contributed by atoms with E-state index in [4.69, 9.17) is 4.74 Å². The van der Waals surface area contributed by atoms with E-state index in [0.717, 1.165) is 31.6 Å². The number of rotatable bonds is 3. The zero-order chi connectivity index (χ0) is 13.9. The molecule has 0 atom stereocenters. The molecule has 1 aliphatic heterocycles. The maximum Gasteiger partial charge on any atom is 0.331 e. The number of hydrogen-bond donors (Lipinski definition) is 1. The van der Waals surface area contributed by atoms with Gasteiger partial charge in [0.05, 0.1) is 7.11 Å². The summed E-state index contributed by atoms with van der Waals surface area (Å²) in [7, 11) is 3.54. The number of aryl methyl sites for hydroxylation is 1. The molecular weight excluding hydrogens is 240 g/mol. The van der Waals surface area contributed by atoms with E-state index >= 15 is 0 Å². The summed E-state index contributed by atoms with van der Waals surface area (Å²) < 4.78 is 5.01. The molecular formula is C15H22N2O2. The summed E-state index contributed by atoms with van der Waals surface area (Å²) in [6.07, 6.45) is 1.54. The molecule has 4 heteroatoms. The lowest BCUT2D eigenvalue weighted by Gasteiger charge is -2.39. The van der Waals surface area contributed by atoms with Gasteiger partial charge in [-0.2, -0.15) is 0 Å². The van der Waals surface area contributed by atoms with Gasteiger partial charge in [0.15, 0.2) is 0 Å². The molecule has 0 aliphatic carbocycles. The quantitative estimate of drug-likeness (QED) is 0.846. The summed E-state index contributed by atoms with van der Waals surface area (Å²) in [6, 6.07) is 8.10. The van der Waals surface area contributed by atoms with Crippen molar-refractivity contribution in [3.05, 3.63) is 29.8 Å². The number of carbonyl (C=O) groups excluding carboxylic acids is 1. The number of nitrogens with zero attached hydrogens (tertiary/aromatic N) is 1. The molecule has 0 radical (unpaired) electrons. The third-order valence-electron chi connectivity index (χ3n) is 3.82. The van der Waals surface area contributed by atoms with Crippen molar-refractivity contribution in [2.24, 2.45) is 0 Å². The van der Waals surface area contributed by atoms with Gasteiger partial charge in [0, 0.05) is 18.8 Å². The van der Waals surface area contributed by atoms with Gasteiger partial charge in [-0.25, -0.2) is 4.79 Å². The molecule has 1 aromatic rings. The first-order chi connectivity index (χ1) is 9.05. The Balaban J connectivity index is 2.21. The van der Waals surface area contributed by atoms with Crippen molar-refractivity contribution >= 4 is 11.7 Å². The van der Waals surface area contributed by atoms with Gasteiger partial charge in [0.1, 0.15) is 5.54 Å². The predicted molar refractivity (Wildman–Crippen MR) is 76.3 cm³/mol. The second-order valence-corrected chi connectivity index (χ2v) is 5.37. The summed E-state index contributed by atoms with van der Waals surface area (Å²) in [6.45, 7) is 3.84. The fourth-order valence-corrected chi connectivity index (χ4v) is 2.57. The Morgan fingerprint density at radius 1 is 1.37 bits per heavy atom. The van der Waals surface area contributed by atoms with Gasteiger partial charge in [-0.3, -0.25) is 0 Å². The zero-order valence-electron chi connectivity index (χ0n) is 11.9. The van der Waals surface area contributed by atoms with Gasteiger partial charge in [-0.05, 0) is 44.5 Å². The van der Waals surface area contributed by atoms with E-state index in [-0.39, 0.29) is 5.97 Å². The molecule has 0 bridgehead atoms. The van der Waals surface area contributed by atoms with Crippen molar-refractivity contribution in [3.63, 3.8) is 0 Å². The summed E-state index contributed by atoms with van der Waals surface area (Å²) >= 11 is 0. The number of carbonyl (C=O) groups is 1. The topological polar surface area (TPSA) is 41.6 Å². The van der Waals surface area contributed by atoms with Crippen LogP contribution >= 0.6 is 0 Å². The van der Waals surface area contributed by atoms with E-state index < -0.39 is 5.54 Å².